The van der Waals surface area contributed by atoms with Gasteiger partial charge in [-0.3, -0.25) is 0 Å². The molecule has 0 aliphatic rings. The van der Waals surface area contributed by atoms with Gasteiger partial charge in [0.05, 0.1) is 0 Å². The van der Waals surface area contributed by atoms with Crippen LogP contribution in [0.4, 0.5) is 0 Å². The van der Waals surface area contributed by atoms with Crippen LogP contribution in [0.25, 0.3) is 0 Å². The summed E-state index contributed by atoms with van der Waals surface area (Å²) < 4.78 is 5.37. The van der Waals surface area contributed by atoms with Crippen molar-refractivity contribution in [1.82, 2.24) is 14.7 Å². The fourth-order valence-corrected chi connectivity index (χ4v) is 3.60. The molecule has 1 aromatic heterocycles. The van der Waals surface area contributed by atoms with Gasteiger partial charge in [0.25, 0.3) is 0 Å². The number of thioether (sulfide) groups is 1. The summed E-state index contributed by atoms with van der Waals surface area (Å²) in [5.74, 6) is 1.92. The van der Waals surface area contributed by atoms with Gasteiger partial charge in [0.1, 0.15) is 5.82 Å². The quantitative estimate of drug-likeness (QED) is 0.828. The summed E-state index contributed by atoms with van der Waals surface area (Å²) in [5.41, 5.74) is 2.61. The molecular formula is C14H19N3S2. The van der Waals surface area contributed by atoms with Crippen molar-refractivity contribution in [2.45, 2.75) is 30.6 Å². The summed E-state index contributed by atoms with van der Waals surface area (Å²) in [7, 11) is 2.00. The van der Waals surface area contributed by atoms with E-state index in [4.69, 9.17) is 0 Å². The minimum atomic E-state index is 0.347. The highest BCUT2D eigenvalue weighted by Crippen LogP contribution is 2.26. The van der Waals surface area contributed by atoms with Crippen LogP contribution in [0, 0.1) is 6.92 Å². The average molecular weight is 293 g/mol. The van der Waals surface area contributed by atoms with Gasteiger partial charge in [0, 0.05) is 18.2 Å². The number of nitrogens with one attached hydrogen (secondary N) is 1. The maximum atomic E-state index is 4.49. The zero-order valence-electron chi connectivity index (χ0n) is 11.5. The summed E-state index contributed by atoms with van der Waals surface area (Å²) in [4.78, 5) is 4.49. The van der Waals surface area contributed by atoms with Crippen LogP contribution in [0.3, 0.4) is 0 Å². The van der Waals surface area contributed by atoms with Crippen LogP contribution in [0.15, 0.2) is 28.6 Å². The van der Waals surface area contributed by atoms with E-state index in [1.54, 1.807) is 11.8 Å². The van der Waals surface area contributed by atoms with E-state index in [0.717, 1.165) is 22.3 Å². The molecule has 0 aliphatic carbocycles. The molecule has 0 aliphatic heterocycles. The van der Waals surface area contributed by atoms with Gasteiger partial charge in [-0.15, -0.1) is 0 Å². The Bertz CT molecular complexity index is 508. The first-order valence-corrected chi connectivity index (χ1v) is 8.18. The Morgan fingerprint density at radius 2 is 2.05 bits per heavy atom. The van der Waals surface area contributed by atoms with Crippen molar-refractivity contribution in [2.24, 2.45) is 0 Å². The normalized spacial score (nSPS) is 12.6. The van der Waals surface area contributed by atoms with Crippen LogP contribution in [0.2, 0.25) is 0 Å². The number of hydrogen-bond donors (Lipinski definition) is 1. The van der Waals surface area contributed by atoms with Crippen molar-refractivity contribution in [3.05, 3.63) is 41.2 Å². The van der Waals surface area contributed by atoms with Crippen molar-refractivity contribution in [3.63, 3.8) is 0 Å². The molecule has 0 saturated heterocycles. The minimum Gasteiger partial charge on any atom is -0.312 e. The Kier molecular flexibility index (Phi) is 5.36. The molecule has 0 fully saturated rings. The SMILES string of the molecule is CCc1nsc(SCC(NC)c2ccc(C)cc2)n1. The van der Waals surface area contributed by atoms with Crippen molar-refractivity contribution >= 4 is 23.3 Å². The lowest BCUT2D eigenvalue weighted by atomic mass is 10.1. The second-order valence-corrected chi connectivity index (χ2v) is 6.41. The van der Waals surface area contributed by atoms with Crippen LogP contribution >= 0.6 is 23.3 Å². The zero-order chi connectivity index (χ0) is 13.7. The van der Waals surface area contributed by atoms with Crippen LogP contribution in [0.1, 0.15) is 29.9 Å². The monoisotopic (exact) mass is 293 g/mol. The van der Waals surface area contributed by atoms with E-state index < -0.39 is 0 Å². The highest BCUT2D eigenvalue weighted by molar-refractivity contribution is 8.00. The second-order valence-electron chi connectivity index (χ2n) is 4.39. The Balaban J connectivity index is 1.97. The van der Waals surface area contributed by atoms with E-state index in [1.165, 1.54) is 22.7 Å². The molecule has 2 aromatic rings. The molecule has 0 radical (unpaired) electrons. The smallest absolute Gasteiger partial charge is 0.170 e. The highest BCUT2D eigenvalue weighted by Gasteiger charge is 2.11. The Labute approximate surface area is 123 Å². The molecule has 1 aromatic carbocycles. The summed E-state index contributed by atoms with van der Waals surface area (Å²) in [6.07, 6.45) is 0.907. The van der Waals surface area contributed by atoms with Crippen molar-refractivity contribution < 1.29 is 0 Å². The van der Waals surface area contributed by atoms with Gasteiger partial charge in [-0.2, -0.15) is 4.37 Å². The number of aromatic nitrogens is 2. The van der Waals surface area contributed by atoms with E-state index in [9.17, 15) is 0 Å². The summed E-state index contributed by atoms with van der Waals surface area (Å²) >= 11 is 3.27. The third-order valence-electron chi connectivity index (χ3n) is 2.97. The molecule has 0 spiro atoms. The first kappa shape index (κ1) is 14.5. The molecule has 0 bridgehead atoms. The number of benzene rings is 1. The van der Waals surface area contributed by atoms with Gasteiger partial charge < -0.3 is 5.32 Å². The molecule has 1 N–H and O–H groups in total. The fraction of sp³-hybridized carbons (Fsp3) is 0.429. The third kappa shape index (κ3) is 4.03. The first-order valence-electron chi connectivity index (χ1n) is 6.42. The predicted molar refractivity (Wildman–Crippen MR) is 83.0 cm³/mol. The third-order valence-corrected chi connectivity index (χ3v) is 4.93. The number of nitrogens with zero attached hydrogens (tertiary/aromatic N) is 2. The van der Waals surface area contributed by atoms with E-state index in [-0.39, 0.29) is 0 Å². The molecule has 0 amide bonds. The van der Waals surface area contributed by atoms with Crippen LogP contribution < -0.4 is 5.32 Å². The van der Waals surface area contributed by atoms with Gasteiger partial charge in [0.2, 0.25) is 0 Å². The van der Waals surface area contributed by atoms with Crippen molar-refractivity contribution in [2.75, 3.05) is 12.8 Å². The molecular weight excluding hydrogens is 274 g/mol. The van der Waals surface area contributed by atoms with E-state index >= 15 is 0 Å². The molecule has 1 atom stereocenters. The zero-order valence-corrected chi connectivity index (χ0v) is 13.1. The van der Waals surface area contributed by atoms with Crippen LogP contribution in [0.5, 0.6) is 0 Å². The molecule has 0 saturated carbocycles. The van der Waals surface area contributed by atoms with Gasteiger partial charge in [0.15, 0.2) is 4.34 Å². The molecule has 3 nitrogen and oxygen atoms in total. The summed E-state index contributed by atoms with van der Waals surface area (Å²) in [6, 6.07) is 9.04. The molecule has 1 heterocycles. The van der Waals surface area contributed by atoms with Crippen molar-refractivity contribution in [1.29, 1.82) is 0 Å². The fourth-order valence-electron chi connectivity index (χ4n) is 1.74. The first-order chi connectivity index (χ1) is 9.22. The summed E-state index contributed by atoms with van der Waals surface area (Å²) in [6.45, 7) is 4.19. The maximum absolute atomic E-state index is 4.49. The number of rotatable bonds is 6. The number of aryl methyl sites for hydroxylation is 2. The molecule has 19 heavy (non-hydrogen) atoms. The number of hydrogen-bond acceptors (Lipinski definition) is 5. The van der Waals surface area contributed by atoms with Gasteiger partial charge >= 0.3 is 0 Å². The lowest BCUT2D eigenvalue weighted by Gasteiger charge is -2.15. The van der Waals surface area contributed by atoms with Gasteiger partial charge in [-0.25, -0.2) is 4.98 Å². The topological polar surface area (TPSA) is 37.8 Å². The van der Waals surface area contributed by atoms with E-state index in [1.807, 2.05) is 7.05 Å². The molecule has 5 heteroatoms. The van der Waals surface area contributed by atoms with Crippen LogP contribution in [-0.2, 0) is 6.42 Å². The molecule has 2 rings (SSSR count). The highest BCUT2D eigenvalue weighted by atomic mass is 32.2. The Hall–Kier alpha value is -0.910. The van der Waals surface area contributed by atoms with Gasteiger partial charge in [-0.05, 0) is 31.1 Å². The van der Waals surface area contributed by atoms with E-state index in [0.29, 0.717) is 6.04 Å². The average Bonchev–Trinajstić information content (AvgIpc) is 2.89. The molecule has 102 valence electrons. The lowest BCUT2D eigenvalue weighted by Crippen LogP contribution is -2.18. The largest absolute Gasteiger partial charge is 0.312 e. The second kappa shape index (κ2) is 7.03. The standard InChI is InChI=1S/C14H19N3S2/c1-4-13-16-14(19-17-13)18-9-12(15-3)11-7-5-10(2)6-8-11/h5-8,12,15H,4,9H2,1-3H3. The van der Waals surface area contributed by atoms with Crippen molar-refractivity contribution in [3.8, 4) is 0 Å². The summed E-state index contributed by atoms with van der Waals surface area (Å²) in [5, 5.41) is 3.36. The predicted octanol–water partition coefficient (Wildman–Crippen LogP) is 3.46. The minimum absolute atomic E-state index is 0.347. The Morgan fingerprint density at radius 1 is 1.32 bits per heavy atom. The van der Waals surface area contributed by atoms with E-state index in [2.05, 4.69) is 52.8 Å². The Morgan fingerprint density at radius 3 is 2.63 bits per heavy atom. The van der Waals surface area contributed by atoms with Gasteiger partial charge in [-0.1, -0.05) is 48.5 Å². The lowest BCUT2D eigenvalue weighted by molar-refractivity contribution is 0.661. The van der Waals surface area contributed by atoms with Crippen LogP contribution in [-0.4, -0.2) is 22.2 Å². The maximum Gasteiger partial charge on any atom is 0.170 e. The molecule has 1 unspecified atom stereocenters.